The summed E-state index contributed by atoms with van der Waals surface area (Å²) in [5.41, 5.74) is 2.95. The molecule has 108 valence electrons. The van der Waals surface area contributed by atoms with Crippen LogP contribution in [-0.4, -0.2) is 25.5 Å². The van der Waals surface area contributed by atoms with Crippen LogP contribution in [0.25, 0.3) is 16.6 Å². The Kier molecular flexibility index (Phi) is 2.69. The smallest absolute Gasteiger partial charge is 0.255 e. The van der Waals surface area contributed by atoms with E-state index in [1.165, 1.54) is 0 Å². The maximum absolute atomic E-state index is 12.4. The third kappa shape index (κ3) is 1.93. The van der Waals surface area contributed by atoms with Crippen molar-refractivity contribution in [2.24, 2.45) is 0 Å². The molecule has 3 heterocycles. The first-order chi connectivity index (χ1) is 10.7. The fourth-order valence-electron chi connectivity index (χ4n) is 2.52. The highest BCUT2D eigenvalue weighted by atomic mass is 16.1. The summed E-state index contributed by atoms with van der Waals surface area (Å²) in [5.74, 6) is 0.617. The van der Waals surface area contributed by atoms with E-state index in [1.807, 2.05) is 35.6 Å². The van der Waals surface area contributed by atoms with Gasteiger partial charge in [0.1, 0.15) is 5.82 Å². The standard InChI is InChI=1S/C16H13N5O/c1-10-19-20-15-8-11(6-7-21(10)15)16(22)18-14-9-17-13-5-3-2-4-12(13)14/h2-9,17H,1H3,(H,18,22). The lowest BCUT2D eigenvalue weighted by Gasteiger charge is -2.04. The zero-order valence-electron chi connectivity index (χ0n) is 11.9. The topological polar surface area (TPSA) is 75.1 Å². The lowest BCUT2D eigenvalue weighted by Crippen LogP contribution is -2.12. The van der Waals surface area contributed by atoms with Crippen LogP contribution in [0, 0.1) is 6.92 Å². The maximum atomic E-state index is 12.4. The largest absolute Gasteiger partial charge is 0.359 e. The number of aromatic nitrogens is 4. The van der Waals surface area contributed by atoms with Crippen molar-refractivity contribution in [3.05, 3.63) is 60.2 Å². The number of benzene rings is 1. The van der Waals surface area contributed by atoms with E-state index in [2.05, 4.69) is 20.5 Å². The lowest BCUT2D eigenvalue weighted by atomic mass is 10.2. The first-order valence-electron chi connectivity index (χ1n) is 6.91. The minimum absolute atomic E-state index is 0.173. The molecule has 2 N–H and O–H groups in total. The van der Waals surface area contributed by atoms with Crippen LogP contribution in [-0.2, 0) is 0 Å². The van der Waals surface area contributed by atoms with Gasteiger partial charge in [0.2, 0.25) is 0 Å². The Balaban J connectivity index is 1.68. The van der Waals surface area contributed by atoms with Crippen LogP contribution in [0.1, 0.15) is 16.2 Å². The predicted octanol–water partition coefficient (Wildman–Crippen LogP) is 2.77. The second-order valence-corrected chi connectivity index (χ2v) is 5.09. The van der Waals surface area contributed by atoms with Gasteiger partial charge >= 0.3 is 0 Å². The molecule has 6 heteroatoms. The molecule has 0 saturated carbocycles. The zero-order chi connectivity index (χ0) is 15.1. The average molecular weight is 291 g/mol. The molecule has 3 aromatic heterocycles. The quantitative estimate of drug-likeness (QED) is 0.596. The molecule has 0 aliphatic heterocycles. The molecule has 0 unspecified atom stereocenters. The van der Waals surface area contributed by atoms with Gasteiger partial charge in [-0.3, -0.25) is 9.20 Å². The average Bonchev–Trinajstić information content (AvgIpc) is 3.12. The van der Waals surface area contributed by atoms with Crippen molar-refractivity contribution in [1.82, 2.24) is 19.6 Å². The molecular formula is C16H13N5O. The van der Waals surface area contributed by atoms with Crippen LogP contribution in [0.3, 0.4) is 0 Å². The summed E-state index contributed by atoms with van der Waals surface area (Å²) < 4.78 is 1.84. The second-order valence-electron chi connectivity index (χ2n) is 5.09. The number of aromatic amines is 1. The molecule has 0 spiro atoms. The SMILES string of the molecule is Cc1nnc2cc(C(=O)Nc3c[nH]c4ccccc34)ccn12. The van der Waals surface area contributed by atoms with E-state index in [4.69, 9.17) is 0 Å². The Morgan fingerprint density at radius 1 is 1.23 bits per heavy atom. The third-order valence-electron chi connectivity index (χ3n) is 3.68. The monoisotopic (exact) mass is 291 g/mol. The van der Waals surface area contributed by atoms with Gasteiger partial charge in [-0.05, 0) is 25.1 Å². The van der Waals surface area contributed by atoms with Crippen molar-refractivity contribution in [3.8, 4) is 0 Å². The second kappa shape index (κ2) is 4.70. The zero-order valence-corrected chi connectivity index (χ0v) is 11.9. The molecular weight excluding hydrogens is 278 g/mol. The number of carbonyl (C=O) groups excluding carboxylic acids is 1. The van der Waals surface area contributed by atoms with E-state index in [-0.39, 0.29) is 5.91 Å². The van der Waals surface area contributed by atoms with Crippen LogP contribution in [0.4, 0.5) is 5.69 Å². The molecule has 1 amide bonds. The molecule has 0 radical (unpaired) electrons. The van der Waals surface area contributed by atoms with Crippen molar-refractivity contribution in [2.75, 3.05) is 5.32 Å². The normalized spacial score (nSPS) is 11.1. The molecule has 0 fully saturated rings. The number of para-hydroxylation sites is 1. The highest BCUT2D eigenvalue weighted by Crippen LogP contribution is 2.23. The summed E-state index contributed by atoms with van der Waals surface area (Å²) in [7, 11) is 0. The summed E-state index contributed by atoms with van der Waals surface area (Å²) >= 11 is 0. The van der Waals surface area contributed by atoms with Gasteiger partial charge in [-0.25, -0.2) is 0 Å². The van der Waals surface area contributed by atoms with Gasteiger partial charge in [-0.15, -0.1) is 10.2 Å². The van der Waals surface area contributed by atoms with Crippen molar-refractivity contribution in [2.45, 2.75) is 6.92 Å². The fourth-order valence-corrected chi connectivity index (χ4v) is 2.52. The Labute approximate surface area is 125 Å². The van der Waals surface area contributed by atoms with Crippen molar-refractivity contribution < 1.29 is 4.79 Å². The number of amides is 1. The first kappa shape index (κ1) is 12.6. The molecule has 1 aromatic carbocycles. The number of nitrogens with zero attached hydrogens (tertiary/aromatic N) is 3. The van der Waals surface area contributed by atoms with Crippen molar-refractivity contribution in [1.29, 1.82) is 0 Å². The lowest BCUT2D eigenvalue weighted by molar-refractivity contribution is 0.102. The Hall–Kier alpha value is -3.15. The predicted molar refractivity (Wildman–Crippen MR) is 84.0 cm³/mol. The first-order valence-corrected chi connectivity index (χ1v) is 6.91. The molecule has 0 aliphatic rings. The van der Waals surface area contributed by atoms with Gasteiger partial charge in [0.15, 0.2) is 5.65 Å². The van der Waals surface area contributed by atoms with Gasteiger partial charge < -0.3 is 10.3 Å². The van der Waals surface area contributed by atoms with E-state index in [0.717, 1.165) is 22.4 Å². The number of rotatable bonds is 2. The number of fused-ring (bicyclic) bond motifs is 2. The van der Waals surface area contributed by atoms with Crippen molar-refractivity contribution >= 4 is 28.1 Å². The van der Waals surface area contributed by atoms with Gasteiger partial charge in [0, 0.05) is 28.9 Å². The summed E-state index contributed by atoms with van der Waals surface area (Å²) in [4.78, 5) is 15.6. The van der Waals surface area contributed by atoms with Crippen LogP contribution >= 0.6 is 0 Å². The minimum atomic E-state index is -0.173. The Bertz CT molecular complexity index is 998. The van der Waals surface area contributed by atoms with Crippen LogP contribution in [0.5, 0.6) is 0 Å². The summed E-state index contributed by atoms with van der Waals surface area (Å²) in [6.07, 6.45) is 3.59. The molecule has 6 nitrogen and oxygen atoms in total. The number of carbonyl (C=O) groups is 1. The maximum Gasteiger partial charge on any atom is 0.255 e. The van der Waals surface area contributed by atoms with E-state index in [0.29, 0.717) is 11.2 Å². The highest BCUT2D eigenvalue weighted by molar-refractivity contribution is 6.09. The van der Waals surface area contributed by atoms with Gasteiger partial charge in [0.05, 0.1) is 5.69 Å². The molecule has 4 rings (SSSR count). The van der Waals surface area contributed by atoms with Crippen LogP contribution in [0.2, 0.25) is 0 Å². The number of H-pyrrole nitrogens is 1. The third-order valence-corrected chi connectivity index (χ3v) is 3.68. The van der Waals surface area contributed by atoms with Gasteiger partial charge in [0.25, 0.3) is 5.91 Å². The molecule has 0 bridgehead atoms. The highest BCUT2D eigenvalue weighted by Gasteiger charge is 2.11. The molecule has 4 aromatic rings. The molecule has 0 atom stereocenters. The van der Waals surface area contributed by atoms with E-state index < -0.39 is 0 Å². The number of anilines is 1. The number of hydrogen-bond acceptors (Lipinski definition) is 3. The summed E-state index contributed by atoms with van der Waals surface area (Å²) in [5, 5.41) is 11.9. The fraction of sp³-hybridized carbons (Fsp3) is 0.0625. The van der Waals surface area contributed by atoms with E-state index >= 15 is 0 Å². The molecule has 0 aliphatic carbocycles. The minimum Gasteiger partial charge on any atom is -0.359 e. The van der Waals surface area contributed by atoms with E-state index in [1.54, 1.807) is 24.5 Å². The number of hydrogen-bond donors (Lipinski definition) is 2. The number of aryl methyl sites for hydroxylation is 1. The van der Waals surface area contributed by atoms with Crippen LogP contribution < -0.4 is 5.32 Å². The van der Waals surface area contributed by atoms with Crippen LogP contribution in [0.15, 0.2) is 48.8 Å². The van der Waals surface area contributed by atoms with E-state index in [9.17, 15) is 4.79 Å². The summed E-state index contributed by atoms with van der Waals surface area (Å²) in [6, 6.07) is 11.3. The van der Waals surface area contributed by atoms with Gasteiger partial charge in [-0.1, -0.05) is 18.2 Å². The Morgan fingerprint density at radius 3 is 3.00 bits per heavy atom. The molecule has 22 heavy (non-hydrogen) atoms. The number of pyridine rings is 1. The number of nitrogens with one attached hydrogen (secondary N) is 2. The Morgan fingerprint density at radius 2 is 2.09 bits per heavy atom. The molecule has 0 saturated heterocycles. The van der Waals surface area contributed by atoms with Gasteiger partial charge in [-0.2, -0.15) is 0 Å². The van der Waals surface area contributed by atoms with Crippen molar-refractivity contribution in [3.63, 3.8) is 0 Å². The summed E-state index contributed by atoms with van der Waals surface area (Å²) in [6.45, 7) is 1.87.